The van der Waals surface area contributed by atoms with Crippen molar-refractivity contribution in [2.45, 2.75) is 25.5 Å². The van der Waals surface area contributed by atoms with E-state index in [1.54, 1.807) is 12.1 Å². The lowest BCUT2D eigenvalue weighted by Crippen LogP contribution is -2.42. The van der Waals surface area contributed by atoms with Gasteiger partial charge in [-0.15, -0.1) is 0 Å². The molecule has 3 aromatic rings. The Morgan fingerprint density at radius 2 is 1.97 bits per heavy atom. The SMILES string of the molecule is COc1ccc(Cl)cc1C(=O)NNC(=O)CSc1nc2ccccc2n1CC(C)C. The molecule has 3 rings (SSSR count). The predicted molar refractivity (Wildman–Crippen MR) is 119 cm³/mol. The Balaban J connectivity index is 1.63. The van der Waals surface area contributed by atoms with Crippen LogP contribution in [-0.2, 0) is 11.3 Å². The number of nitrogens with one attached hydrogen (secondary N) is 2. The quantitative estimate of drug-likeness (QED) is 0.424. The van der Waals surface area contributed by atoms with Gasteiger partial charge >= 0.3 is 0 Å². The molecule has 158 valence electrons. The van der Waals surface area contributed by atoms with Crippen LogP contribution in [0.1, 0.15) is 24.2 Å². The molecule has 2 N–H and O–H groups in total. The number of ether oxygens (including phenoxy) is 1. The molecule has 7 nitrogen and oxygen atoms in total. The fraction of sp³-hybridized carbons (Fsp3) is 0.286. The van der Waals surface area contributed by atoms with E-state index in [9.17, 15) is 9.59 Å². The maximum Gasteiger partial charge on any atom is 0.273 e. The zero-order chi connectivity index (χ0) is 21.7. The lowest BCUT2D eigenvalue weighted by molar-refractivity contribution is -0.119. The molecule has 0 saturated heterocycles. The van der Waals surface area contributed by atoms with E-state index in [0.29, 0.717) is 16.7 Å². The Hall–Kier alpha value is -2.71. The number of methoxy groups -OCH3 is 1. The second-order valence-electron chi connectivity index (χ2n) is 7.02. The summed E-state index contributed by atoms with van der Waals surface area (Å²) in [4.78, 5) is 29.3. The number of hydrogen-bond acceptors (Lipinski definition) is 5. The van der Waals surface area contributed by atoms with Crippen molar-refractivity contribution in [1.82, 2.24) is 20.4 Å². The molecule has 0 unspecified atom stereocenters. The van der Waals surface area contributed by atoms with E-state index in [1.165, 1.54) is 24.9 Å². The number of amides is 2. The van der Waals surface area contributed by atoms with Crippen molar-refractivity contribution < 1.29 is 14.3 Å². The van der Waals surface area contributed by atoms with Gasteiger partial charge in [-0.25, -0.2) is 4.98 Å². The zero-order valence-corrected chi connectivity index (χ0v) is 18.5. The minimum absolute atomic E-state index is 0.106. The second kappa shape index (κ2) is 9.86. The van der Waals surface area contributed by atoms with E-state index in [1.807, 2.05) is 24.3 Å². The highest BCUT2D eigenvalue weighted by Gasteiger charge is 2.16. The monoisotopic (exact) mass is 446 g/mol. The molecule has 0 aliphatic heterocycles. The number of thioether (sulfide) groups is 1. The predicted octanol–water partition coefficient (Wildman–Crippen LogP) is 3.91. The highest BCUT2D eigenvalue weighted by molar-refractivity contribution is 7.99. The molecule has 30 heavy (non-hydrogen) atoms. The van der Waals surface area contributed by atoms with Gasteiger partial charge in [-0.3, -0.25) is 20.4 Å². The minimum Gasteiger partial charge on any atom is -0.496 e. The number of para-hydroxylation sites is 2. The van der Waals surface area contributed by atoms with Crippen LogP contribution in [0.4, 0.5) is 0 Å². The van der Waals surface area contributed by atoms with Crippen LogP contribution in [0.3, 0.4) is 0 Å². The van der Waals surface area contributed by atoms with Gasteiger partial charge in [-0.2, -0.15) is 0 Å². The molecule has 9 heteroatoms. The van der Waals surface area contributed by atoms with Crippen molar-refractivity contribution in [2.24, 2.45) is 5.92 Å². The molecule has 0 spiro atoms. The molecule has 2 aromatic carbocycles. The number of carbonyl (C=O) groups excluding carboxylic acids is 2. The smallest absolute Gasteiger partial charge is 0.273 e. The number of fused-ring (bicyclic) bond motifs is 1. The maximum atomic E-state index is 12.4. The van der Waals surface area contributed by atoms with Crippen molar-refractivity contribution in [3.8, 4) is 5.75 Å². The number of benzene rings is 2. The van der Waals surface area contributed by atoms with Crippen LogP contribution < -0.4 is 15.6 Å². The Bertz CT molecular complexity index is 1070. The van der Waals surface area contributed by atoms with Crippen LogP contribution in [0.5, 0.6) is 5.75 Å². The van der Waals surface area contributed by atoms with E-state index in [-0.39, 0.29) is 17.2 Å². The topological polar surface area (TPSA) is 85.2 Å². The van der Waals surface area contributed by atoms with E-state index in [4.69, 9.17) is 16.3 Å². The third-order valence-electron chi connectivity index (χ3n) is 4.22. The third kappa shape index (κ3) is 5.25. The number of aromatic nitrogens is 2. The van der Waals surface area contributed by atoms with Crippen molar-refractivity contribution in [1.29, 1.82) is 0 Å². The van der Waals surface area contributed by atoms with Crippen molar-refractivity contribution in [2.75, 3.05) is 12.9 Å². The number of hydrazine groups is 1. The van der Waals surface area contributed by atoms with Gasteiger partial charge in [0.05, 0.1) is 29.5 Å². The zero-order valence-electron chi connectivity index (χ0n) is 16.9. The van der Waals surface area contributed by atoms with Crippen LogP contribution in [-0.4, -0.2) is 34.2 Å². The van der Waals surface area contributed by atoms with Crippen LogP contribution in [0.15, 0.2) is 47.6 Å². The molecule has 0 bridgehead atoms. The van der Waals surface area contributed by atoms with Crippen LogP contribution in [0, 0.1) is 5.92 Å². The number of hydrogen-bond donors (Lipinski definition) is 2. The maximum absolute atomic E-state index is 12.4. The van der Waals surface area contributed by atoms with Gasteiger partial charge in [0.1, 0.15) is 5.75 Å². The standard InChI is InChI=1S/C21H23ClN4O3S/c1-13(2)11-26-17-7-5-4-6-16(17)23-21(26)30-12-19(27)24-25-20(28)15-10-14(22)8-9-18(15)29-3/h4-10,13H,11-12H2,1-3H3,(H,24,27)(H,25,28). The Morgan fingerprint density at radius 1 is 1.20 bits per heavy atom. The van der Waals surface area contributed by atoms with Gasteiger partial charge in [-0.1, -0.05) is 49.3 Å². The van der Waals surface area contributed by atoms with Gasteiger partial charge in [0.15, 0.2) is 5.16 Å². The fourth-order valence-electron chi connectivity index (χ4n) is 2.92. The van der Waals surface area contributed by atoms with Crippen LogP contribution in [0.25, 0.3) is 11.0 Å². The van der Waals surface area contributed by atoms with Gasteiger partial charge in [0.2, 0.25) is 5.91 Å². The van der Waals surface area contributed by atoms with Gasteiger partial charge < -0.3 is 9.30 Å². The Kier molecular flexibility index (Phi) is 7.23. The fourth-order valence-corrected chi connectivity index (χ4v) is 3.92. The van der Waals surface area contributed by atoms with E-state index >= 15 is 0 Å². The van der Waals surface area contributed by atoms with Gasteiger partial charge in [0, 0.05) is 11.6 Å². The summed E-state index contributed by atoms with van der Waals surface area (Å²) >= 11 is 7.27. The average molecular weight is 447 g/mol. The number of rotatable bonds is 7. The molecular formula is C21H23ClN4O3S. The molecule has 2 amide bonds. The molecule has 1 aromatic heterocycles. The summed E-state index contributed by atoms with van der Waals surface area (Å²) in [6.07, 6.45) is 0. The first kappa shape index (κ1) is 22.0. The van der Waals surface area contributed by atoms with Gasteiger partial charge in [0.25, 0.3) is 5.91 Å². The van der Waals surface area contributed by atoms with E-state index in [2.05, 4.69) is 34.3 Å². The third-order valence-corrected chi connectivity index (χ3v) is 5.43. The summed E-state index contributed by atoms with van der Waals surface area (Å²) in [7, 11) is 1.46. The molecule has 0 radical (unpaired) electrons. The summed E-state index contributed by atoms with van der Waals surface area (Å²) in [5.41, 5.74) is 6.98. The number of carbonyl (C=O) groups is 2. The Morgan fingerprint density at radius 3 is 2.70 bits per heavy atom. The average Bonchev–Trinajstić information content (AvgIpc) is 3.07. The van der Waals surface area contributed by atoms with Crippen molar-refractivity contribution >= 4 is 46.2 Å². The van der Waals surface area contributed by atoms with Crippen LogP contribution in [0.2, 0.25) is 5.02 Å². The normalized spacial score (nSPS) is 11.0. The first-order valence-electron chi connectivity index (χ1n) is 9.39. The number of halogens is 1. The first-order valence-corrected chi connectivity index (χ1v) is 10.8. The lowest BCUT2D eigenvalue weighted by Gasteiger charge is -2.12. The van der Waals surface area contributed by atoms with E-state index in [0.717, 1.165) is 22.7 Å². The molecule has 1 heterocycles. The number of imidazole rings is 1. The lowest BCUT2D eigenvalue weighted by atomic mass is 10.2. The highest BCUT2D eigenvalue weighted by Crippen LogP contribution is 2.25. The summed E-state index contributed by atoms with van der Waals surface area (Å²) in [6, 6.07) is 12.6. The summed E-state index contributed by atoms with van der Waals surface area (Å²) < 4.78 is 7.28. The Labute approximate surface area is 184 Å². The van der Waals surface area contributed by atoms with Gasteiger partial charge in [-0.05, 0) is 36.2 Å². The largest absolute Gasteiger partial charge is 0.496 e. The molecule has 0 aliphatic carbocycles. The molecule has 0 atom stereocenters. The first-order chi connectivity index (χ1) is 14.4. The summed E-state index contributed by atoms with van der Waals surface area (Å²) in [5.74, 6) is 0.0388. The summed E-state index contributed by atoms with van der Waals surface area (Å²) in [5, 5.41) is 1.16. The summed E-state index contributed by atoms with van der Waals surface area (Å²) in [6.45, 7) is 5.07. The molecule has 0 aliphatic rings. The van der Waals surface area contributed by atoms with E-state index < -0.39 is 5.91 Å². The van der Waals surface area contributed by atoms with Crippen molar-refractivity contribution in [3.63, 3.8) is 0 Å². The van der Waals surface area contributed by atoms with Crippen molar-refractivity contribution in [3.05, 3.63) is 53.1 Å². The molecular weight excluding hydrogens is 424 g/mol. The second-order valence-corrected chi connectivity index (χ2v) is 8.40. The number of nitrogens with zero attached hydrogens (tertiary/aromatic N) is 2. The van der Waals surface area contributed by atoms with Crippen LogP contribution >= 0.6 is 23.4 Å². The molecule has 0 saturated carbocycles. The minimum atomic E-state index is -0.514. The highest BCUT2D eigenvalue weighted by atomic mass is 35.5. The molecule has 0 fully saturated rings.